The molecule has 1 saturated heterocycles. The highest BCUT2D eigenvalue weighted by Crippen LogP contribution is 2.14. The number of nitrogens with zero attached hydrogens (tertiary/aromatic N) is 2. The molecule has 126 valence electrons. The number of rotatable bonds is 1. The van der Waals surface area contributed by atoms with Crippen LogP contribution in [0.2, 0.25) is 0 Å². The van der Waals surface area contributed by atoms with Crippen molar-refractivity contribution in [2.75, 3.05) is 37.2 Å². The lowest BCUT2D eigenvalue weighted by atomic mass is 10.2. The van der Waals surface area contributed by atoms with E-state index in [0.717, 1.165) is 0 Å². The second-order valence-corrected chi connectivity index (χ2v) is 6.51. The minimum atomic E-state index is -0.513. The Bertz CT molecular complexity index is 558. The van der Waals surface area contributed by atoms with Crippen LogP contribution in [0.15, 0.2) is 24.3 Å². The van der Waals surface area contributed by atoms with Crippen molar-refractivity contribution in [3.8, 4) is 0 Å². The van der Waals surface area contributed by atoms with Gasteiger partial charge in [-0.1, -0.05) is 0 Å². The Labute approximate surface area is 136 Å². The highest BCUT2D eigenvalue weighted by molar-refractivity contribution is 5.89. The van der Waals surface area contributed by atoms with E-state index in [1.54, 1.807) is 34.1 Å². The molecule has 2 rings (SSSR count). The molecule has 0 saturated carbocycles. The summed E-state index contributed by atoms with van der Waals surface area (Å²) in [4.78, 5) is 27.5. The van der Waals surface area contributed by atoms with Crippen molar-refractivity contribution in [1.29, 1.82) is 0 Å². The number of hydrogen-bond donors (Lipinski definition) is 2. The molecular weight excluding hydrogens is 296 g/mol. The van der Waals surface area contributed by atoms with Crippen molar-refractivity contribution in [3.63, 3.8) is 0 Å². The summed E-state index contributed by atoms with van der Waals surface area (Å²) < 4.78 is 5.34. The predicted octanol–water partition coefficient (Wildman–Crippen LogP) is 2.35. The Kier molecular flexibility index (Phi) is 4.98. The van der Waals surface area contributed by atoms with E-state index in [2.05, 4.69) is 5.32 Å². The second kappa shape index (κ2) is 6.76. The average molecular weight is 320 g/mol. The summed E-state index contributed by atoms with van der Waals surface area (Å²) in [6.07, 6.45) is -0.337. The molecule has 1 aromatic carbocycles. The number of benzene rings is 1. The first-order valence-corrected chi connectivity index (χ1v) is 7.64. The summed E-state index contributed by atoms with van der Waals surface area (Å²) in [6.45, 7) is 7.37. The van der Waals surface area contributed by atoms with Gasteiger partial charge >= 0.3 is 12.1 Å². The normalized spacial score (nSPS) is 15.3. The van der Waals surface area contributed by atoms with Crippen LogP contribution in [-0.4, -0.2) is 53.7 Å². The van der Waals surface area contributed by atoms with Crippen molar-refractivity contribution < 1.29 is 14.3 Å². The van der Waals surface area contributed by atoms with Crippen molar-refractivity contribution in [2.24, 2.45) is 0 Å². The smallest absolute Gasteiger partial charge is 0.410 e. The van der Waals surface area contributed by atoms with E-state index in [1.165, 1.54) is 0 Å². The van der Waals surface area contributed by atoms with Crippen molar-refractivity contribution >= 4 is 23.5 Å². The van der Waals surface area contributed by atoms with Crippen molar-refractivity contribution in [1.82, 2.24) is 9.80 Å². The van der Waals surface area contributed by atoms with Crippen LogP contribution >= 0.6 is 0 Å². The first kappa shape index (κ1) is 16.9. The van der Waals surface area contributed by atoms with Gasteiger partial charge in [0, 0.05) is 37.6 Å². The van der Waals surface area contributed by atoms with Gasteiger partial charge in [0.2, 0.25) is 0 Å². The molecule has 1 fully saturated rings. The maximum atomic E-state index is 12.2. The van der Waals surface area contributed by atoms with E-state index >= 15 is 0 Å². The van der Waals surface area contributed by atoms with E-state index in [4.69, 9.17) is 10.5 Å². The molecule has 0 bridgehead atoms. The highest BCUT2D eigenvalue weighted by Gasteiger charge is 2.27. The number of anilines is 2. The fraction of sp³-hybridized carbons (Fsp3) is 0.500. The molecule has 3 amide bonds. The standard InChI is InChI=1S/C16H24N4O3/c1-16(2,3)23-15(22)20-10-8-19(9-11-20)14(21)18-13-6-4-12(17)5-7-13/h4-7H,8-11,17H2,1-3H3,(H,18,21). The number of urea groups is 1. The molecule has 0 radical (unpaired) electrons. The largest absolute Gasteiger partial charge is 0.444 e. The van der Waals surface area contributed by atoms with Crippen LogP contribution < -0.4 is 11.1 Å². The lowest BCUT2D eigenvalue weighted by Gasteiger charge is -2.35. The van der Waals surface area contributed by atoms with Crippen LogP contribution in [-0.2, 0) is 4.74 Å². The first-order valence-electron chi connectivity index (χ1n) is 7.64. The van der Waals surface area contributed by atoms with Gasteiger partial charge in [0.05, 0.1) is 0 Å². The van der Waals surface area contributed by atoms with E-state index in [0.29, 0.717) is 37.6 Å². The fourth-order valence-corrected chi connectivity index (χ4v) is 2.19. The van der Waals surface area contributed by atoms with Gasteiger partial charge in [-0.05, 0) is 45.0 Å². The topological polar surface area (TPSA) is 87.9 Å². The molecule has 3 N–H and O–H groups in total. The number of piperazine rings is 1. The second-order valence-electron chi connectivity index (χ2n) is 6.51. The van der Waals surface area contributed by atoms with Crippen LogP contribution in [0.1, 0.15) is 20.8 Å². The predicted molar refractivity (Wildman–Crippen MR) is 89.3 cm³/mol. The summed E-state index contributed by atoms with van der Waals surface area (Å²) in [5.41, 5.74) is 6.44. The molecule has 23 heavy (non-hydrogen) atoms. The third-order valence-electron chi connectivity index (χ3n) is 3.38. The summed E-state index contributed by atoms with van der Waals surface area (Å²) in [5, 5.41) is 2.82. The third kappa shape index (κ3) is 5.05. The van der Waals surface area contributed by atoms with Gasteiger partial charge in [-0.15, -0.1) is 0 Å². The first-order chi connectivity index (χ1) is 10.7. The third-order valence-corrected chi connectivity index (χ3v) is 3.38. The molecule has 1 aliphatic heterocycles. The van der Waals surface area contributed by atoms with Crippen LogP contribution in [0, 0.1) is 0 Å². The Balaban J connectivity index is 1.83. The molecule has 0 unspecified atom stereocenters. The summed E-state index contributed by atoms with van der Waals surface area (Å²) >= 11 is 0. The number of carbonyl (C=O) groups is 2. The summed E-state index contributed by atoms with van der Waals surface area (Å²) in [5.74, 6) is 0. The molecule has 1 heterocycles. The van der Waals surface area contributed by atoms with Gasteiger partial charge in [0.15, 0.2) is 0 Å². The molecule has 7 heteroatoms. The van der Waals surface area contributed by atoms with Crippen molar-refractivity contribution in [2.45, 2.75) is 26.4 Å². The molecule has 1 aliphatic rings. The number of ether oxygens (including phenoxy) is 1. The van der Waals surface area contributed by atoms with E-state index in [1.807, 2.05) is 20.8 Å². The zero-order valence-corrected chi connectivity index (χ0v) is 13.8. The molecule has 7 nitrogen and oxygen atoms in total. The molecule has 0 atom stereocenters. The van der Waals surface area contributed by atoms with Crippen LogP contribution in [0.4, 0.5) is 21.0 Å². The zero-order valence-electron chi connectivity index (χ0n) is 13.8. The number of hydrogen-bond acceptors (Lipinski definition) is 4. The van der Waals surface area contributed by atoms with Gasteiger partial charge in [0.1, 0.15) is 5.60 Å². The number of nitrogen functional groups attached to an aromatic ring is 1. The lowest BCUT2D eigenvalue weighted by Crippen LogP contribution is -2.52. The average Bonchev–Trinajstić information content (AvgIpc) is 2.48. The Morgan fingerprint density at radius 2 is 1.57 bits per heavy atom. The maximum absolute atomic E-state index is 12.2. The molecule has 0 aliphatic carbocycles. The Morgan fingerprint density at radius 1 is 1.04 bits per heavy atom. The Hall–Kier alpha value is -2.44. The summed E-state index contributed by atoms with van der Waals surface area (Å²) in [7, 11) is 0. The van der Waals surface area contributed by atoms with Crippen molar-refractivity contribution in [3.05, 3.63) is 24.3 Å². The van der Waals surface area contributed by atoms with Gasteiger partial charge in [-0.25, -0.2) is 9.59 Å². The molecule has 0 aromatic heterocycles. The molecular formula is C16H24N4O3. The van der Waals surface area contributed by atoms with E-state index < -0.39 is 5.60 Å². The minimum Gasteiger partial charge on any atom is -0.444 e. The number of carbonyl (C=O) groups excluding carboxylic acids is 2. The van der Waals surface area contributed by atoms with Gasteiger partial charge in [-0.2, -0.15) is 0 Å². The van der Waals surface area contributed by atoms with E-state index in [-0.39, 0.29) is 12.1 Å². The summed E-state index contributed by atoms with van der Waals surface area (Å²) in [6, 6.07) is 6.79. The quantitative estimate of drug-likeness (QED) is 0.778. The van der Waals surface area contributed by atoms with E-state index in [9.17, 15) is 9.59 Å². The minimum absolute atomic E-state index is 0.182. The van der Waals surface area contributed by atoms with Gasteiger partial charge < -0.3 is 25.6 Å². The fourth-order valence-electron chi connectivity index (χ4n) is 2.19. The zero-order chi connectivity index (χ0) is 17.0. The molecule has 0 spiro atoms. The number of nitrogens with two attached hydrogens (primary N) is 1. The van der Waals surface area contributed by atoms with Crippen LogP contribution in [0.5, 0.6) is 0 Å². The monoisotopic (exact) mass is 320 g/mol. The maximum Gasteiger partial charge on any atom is 0.410 e. The van der Waals surface area contributed by atoms with Crippen LogP contribution in [0.3, 0.4) is 0 Å². The SMILES string of the molecule is CC(C)(C)OC(=O)N1CCN(C(=O)Nc2ccc(N)cc2)CC1. The highest BCUT2D eigenvalue weighted by atomic mass is 16.6. The Morgan fingerprint density at radius 3 is 2.09 bits per heavy atom. The number of nitrogens with one attached hydrogen (secondary N) is 1. The number of amides is 3. The van der Waals surface area contributed by atoms with Crippen LogP contribution in [0.25, 0.3) is 0 Å². The molecule has 1 aromatic rings. The lowest BCUT2D eigenvalue weighted by molar-refractivity contribution is 0.0174. The van der Waals surface area contributed by atoms with Gasteiger partial charge in [0.25, 0.3) is 0 Å². The van der Waals surface area contributed by atoms with Gasteiger partial charge in [-0.3, -0.25) is 0 Å².